The molecule has 0 aliphatic carbocycles. The molecule has 0 bridgehead atoms. The molecule has 112 valence electrons. The maximum Gasteiger partial charge on any atom is 0.242 e. The lowest BCUT2D eigenvalue weighted by Crippen LogP contribution is -2.42. The predicted octanol–water partition coefficient (Wildman–Crippen LogP) is 2.77. The van der Waals surface area contributed by atoms with Crippen LogP contribution in [0.2, 0.25) is 5.02 Å². The van der Waals surface area contributed by atoms with Gasteiger partial charge in [-0.15, -0.1) is 0 Å². The first kappa shape index (κ1) is 16.2. The molecule has 4 nitrogen and oxygen atoms in total. The van der Waals surface area contributed by atoms with Crippen LogP contribution in [0.1, 0.15) is 19.8 Å². The van der Waals surface area contributed by atoms with Crippen molar-refractivity contribution in [1.29, 1.82) is 0 Å². The van der Waals surface area contributed by atoms with Crippen LogP contribution >= 0.6 is 27.5 Å². The Morgan fingerprint density at radius 1 is 1.40 bits per heavy atom. The minimum absolute atomic E-state index is 0.00317. The summed E-state index contributed by atoms with van der Waals surface area (Å²) in [7, 11) is -3.58. The fourth-order valence-corrected chi connectivity index (χ4v) is 4.47. The normalized spacial score (nSPS) is 18.9. The van der Waals surface area contributed by atoms with Gasteiger partial charge in [0.05, 0.1) is 5.02 Å². The predicted molar refractivity (Wildman–Crippen MR) is 84.6 cm³/mol. The zero-order valence-corrected chi connectivity index (χ0v) is 14.4. The van der Waals surface area contributed by atoms with Gasteiger partial charge in [-0.1, -0.05) is 24.6 Å². The van der Waals surface area contributed by atoms with Crippen LogP contribution in [0.15, 0.2) is 27.6 Å². The van der Waals surface area contributed by atoms with Crippen molar-refractivity contribution in [2.75, 3.05) is 19.6 Å². The number of hydrogen-bond donors (Lipinski definition) is 2. The van der Waals surface area contributed by atoms with E-state index in [2.05, 4.69) is 32.9 Å². The molecule has 2 N–H and O–H groups in total. The van der Waals surface area contributed by atoms with Crippen molar-refractivity contribution < 1.29 is 8.42 Å². The average Bonchev–Trinajstić information content (AvgIpc) is 2.41. The summed E-state index contributed by atoms with van der Waals surface area (Å²) in [5.41, 5.74) is -0.00317. The first-order valence-electron chi connectivity index (χ1n) is 6.48. The fourth-order valence-electron chi connectivity index (χ4n) is 2.25. The zero-order chi connectivity index (χ0) is 14.8. The van der Waals surface area contributed by atoms with Gasteiger partial charge < -0.3 is 5.32 Å². The van der Waals surface area contributed by atoms with Crippen molar-refractivity contribution in [3.8, 4) is 0 Å². The van der Waals surface area contributed by atoms with Gasteiger partial charge >= 0.3 is 0 Å². The molecule has 1 heterocycles. The van der Waals surface area contributed by atoms with Crippen LogP contribution < -0.4 is 10.0 Å². The maximum atomic E-state index is 12.4. The Hall–Kier alpha value is -0.140. The maximum absolute atomic E-state index is 12.4. The van der Waals surface area contributed by atoms with Crippen molar-refractivity contribution in [2.24, 2.45) is 5.41 Å². The molecule has 0 amide bonds. The summed E-state index contributed by atoms with van der Waals surface area (Å²) in [5.74, 6) is 0. The van der Waals surface area contributed by atoms with Crippen molar-refractivity contribution in [2.45, 2.75) is 24.7 Å². The minimum atomic E-state index is -3.58. The Morgan fingerprint density at radius 2 is 2.05 bits per heavy atom. The Bertz CT molecular complexity index is 586. The SMILES string of the molecule is CC1(CNS(=O)(=O)c2cccc(Br)c2Cl)CCNCC1. The molecule has 7 heteroatoms. The second-order valence-corrected chi connectivity index (χ2v) is 8.40. The molecule has 0 radical (unpaired) electrons. The Kier molecular flexibility index (Phi) is 5.13. The summed E-state index contributed by atoms with van der Waals surface area (Å²) in [5, 5.41) is 3.50. The Morgan fingerprint density at radius 3 is 2.70 bits per heavy atom. The van der Waals surface area contributed by atoms with E-state index < -0.39 is 10.0 Å². The van der Waals surface area contributed by atoms with E-state index in [4.69, 9.17) is 11.6 Å². The van der Waals surface area contributed by atoms with Gasteiger partial charge in [-0.05, 0) is 59.4 Å². The van der Waals surface area contributed by atoms with Gasteiger partial charge in [0, 0.05) is 11.0 Å². The topological polar surface area (TPSA) is 58.2 Å². The quantitative estimate of drug-likeness (QED) is 0.843. The molecule has 1 aliphatic heterocycles. The molecule has 1 fully saturated rings. The van der Waals surface area contributed by atoms with E-state index in [9.17, 15) is 8.42 Å². The molecule has 0 spiro atoms. The first-order chi connectivity index (χ1) is 9.34. The van der Waals surface area contributed by atoms with E-state index >= 15 is 0 Å². The average molecular weight is 382 g/mol. The molecule has 0 aromatic heterocycles. The second kappa shape index (κ2) is 6.32. The Labute approximate surface area is 133 Å². The summed E-state index contributed by atoms with van der Waals surface area (Å²) < 4.78 is 28.0. The van der Waals surface area contributed by atoms with Crippen molar-refractivity contribution in [3.63, 3.8) is 0 Å². The molecule has 1 aromatic carbocycles. The molecule has 0 unspecified atom stereocenters. The molecule has 0 saturated carbocycles. The fraction of sp³-hybridized carbons (Fsp3) is 0.538. The van der Waals surface area contributed by atoms with E-state index in [1.54, 1.807) is 12.1 Å². The van der Waals surface area contributed by atoms with Gasteiger partial charge in [0.2, 0.25) is 10.0 Å². The number of hydrogen-bond acceptors (Lipinski definition) is 3. The van der Waals surface area contributed by atoms with Crippen LogP contribution in [0.25, 0.3) is 0 Å². The van der Waals surface area contributed by atoms with Crippen molar-refractivity contribution >= 4 is 37.6 Å². The van der Waals surface area contributed by atoms with Gasteiger partial charge in [0.25, 0.3) is 0 Å². The highest BCUT2D eigenvalue weighted by atomic mass is 79.9. The molecule has 1 aliphatic rings. The standard InChI is InChI=1S/C13H18BrClN2O2S/c1-13(5-7-16-8-6-13)9-17-20(18,19)11-4-2-3-10(14)12(11)15/h2-4,16-17H,5-9H2,1H3. The molecule has 2 rings (SSSR count). The van der Waals surface area contributed by atoms with E-state index in [1.807, 2.05) is 0 Å². The third-order valence-corrected chi connectivity index (χ3v) is 6.56. The van der Waals surface area contributed by atoms with Crippen LogP contribution in [0.4, 0.5) is 0 Å². The number of sulfonamides is 1. The van der Waals surface area contributed by atoms with Crippen molar-refractivity contribution in [3.05, 3.63) is 27.7 Å². The van der Waals surface area contributed by atoms with Crippen molar-refractivity contribution in [1.82, 2.24) is 10.0 Å². The summed E-state index contributed by atoms with van der Waals surface area (Å²) in [6.07, 6.45) is 1.92. The van der Waals surface area contributed by atoms with Gasteiger partial charge in [-0.3, -0.25) is 0 Å². The summed E-state index contributed by atoms with van der Waals surface area (Å²) in [6, 6.07) is 4.90. The van der Waals surface area contributed by atoms with Gasteiger partial charge in [-0.25, -0.2) is 13.1 Å². The van der Waals surface area contributed by atoms with E-state index in [0.29, 0.717) is 11.0 Å². The molecule has 0 atom stereocenters. The van der Waals surface area contributed by atoms with Crippen LogP contribution in [-0.4, -0.2) is 28.1 Å². The minimum Gasteiger partial charge on any atom is -0.317 e. The lowest BCUT2D eigenvalue weighted by Gasteiger charge is -2.34. The largest absolute Gasteiger partial charge is 0.317 e. The zero-order valence-electron chi connectivity index (χ0n) is 11.2. The molecule has 1 aromatic rings. The lowest BCUT2D eigenvalue weighted by molar-refractivity contribution is 0.232. The van der Waals surface area contributed by atoms with Crippen LogP contribution in [-0.2, 0) is 10.0 Å². The molecule has 1 saturated heterocycles. The third kappa shape index (κ3) is 3.74. The van der Waals surface area contributed by atoms with Crippen LogP contribution in [0, 0.1) is 5.41 Å². The highest BCUT2D eigenvalue weighted by Crippen LogP contribution is 2.31. The summed E-state index contributed by atoms with van der Waals surface area (Å²) >= 11 is 9.30. The van der Waals surface area contributed by atoms with Gasteiger partial charge in [0.15, 0.2) is 0 Å². The first-order valence-corrected chi connectivity index (χ1v) is 9.14. The third-order valence-electron chi connectivity index (χ3n) is 3.71. The Balaban J connectivity index is 2.13. The number of benzene rings is 1. The van der Waals surface area contributed by atoms with Gasteiger partial charge in [-0.2, -0.15) is 0 Å². The van der Waals surface area contributed by atoms with Gasteiger partial charge in [0.1, 0.15) is 4.90 Å². The van der Waals surface area contributed by atoms with Crippen LogP contribution in [0.3, 0.4) is 0 Å². The van der Waals surface area contributed by atoms with E-state index in [1.165, 1.54) is 6.07 Å². The highest BCUT2D eigenvalue weighted by Gasteiger charge is 2.29. The second-order valence-electron chi connectivity index (χ2n) is 5.44. The monoisotopic (exact) mass is 380 g/mol. The van der Waals surface area contributed by atoms with E-state index in [-0.39, 0.29) is 15.3 Å². The number of rotatable bonds is 4. The molecule has 20 heavy (non-hydrogen) atoms. The number of halogens is 2. The highest BCUT2D eigenvalue weighted by molar-refractivity contribution is 9.10. The summed E-state index contributed by atoms with van der Waals surface area (Å²) in [4.78, 5) is 0.117. The number of piperidine rings is 1. The van der Waals surface area contributed by atoms with Crippen LogP contribution in [0.5, 0.6) is 0 Å². The van der Waals surface area contributed by atoms with E-state index in [0.717, 1.165) is 25.9 Å². The molecular weight excluding hydrogens is 364 g/mol. The number of nitrogens with one attached hydrogen (secondary N) is 2. The summed E-state index contributed by atoms with van der Waals surface area (Å²) in [6.45, 7) is 4.39. The lowest BCUT2D eigenvalue weighted by atomic mass is 9.81. The molecular formula is C13H18BrClN2O2S. The smallest absolute Gasteiger partial charge is 0.242 e.